The van der Waals surface area contributed by atoms with Crippen LogP contribution in [0.3, 0.4) is 0 Å². The van der Waals surface area contributed by atoms with Gasteiger partial charge >= 0.3 is 0 Å². The number of carbonyl (C=O) groups excluding carboxylic acids is 2. The van der Waals surface area contributed by atoms with Gasteiger partial charge in [-0.25, -0.2) is 0 Å². The number of thiophene rings is 1. The van der Waals surface area contributed by atoms with E-state index in [1.54, 1.807) is 17.8 Å². The molecule has 122 valence electrons. The first-order valence-corrected chi connectivity index (χ1v) is 9.34. The number of hydrogen-bond donors (Lipinski definition) is 2. The van der Waals surface area contributed by atoms with Crippen molar-refractivity contribution in [2.75, 3.05) is 13.1 Å². The Kier molecular flexibility index (Phi) is 7.16. The molecule has 0 aliphatic rings. The summed E-state index contributed by atoms with van der Waals surface area (Å²) in [5.41, 5.74) is 1.21. The summed E-state index contributed by atoms with van der Waals surface area (Å²) in [6.07, 6.45) is 0. The molecular formula is C17H20N2O2S2. The Morgan fingerprint density at radius 2 is 1.83 bits per heavy atom. The smallest absolute Gasteiger partial charge is 0.261 e. The van der Waals surface area contributed by atoms with Gasteiger partial charge in [0.25, 0.3) is 5.91 Å². The van der Waals surface area contributed by atoms with Crippen molar-refractivity contribution in [2.45, 2.75) is 17.9 Å². The summed E-state index contributed by atoms with van der Waals surface area (Å²) < 4.78 is 0. The number of nitrogens with one attached hydrogen (secondary N) is 2. The van der Waals surface area contributed by atoms with Crippen molar-refractivity contribution in [3.05, 3.63) is 58.3 Å². The lowest BCUT2D eigenvalue weighted by atomic mass is 10.2. The van der Waals surface area contributed by atoms with Crippen molar-refractivity contribution in [3.63, 3.8) is 0 Å². The first-order valence-electron chi connectivity index (χ1n) is 7.42. The van der Waals surface area contributed by atoms with E-state index in [2.05, 4.69) is 22.8 Å². The zero-order chi connectivity index (χ0) is 16.5. The Labute approximate surface area is 144 Å². The number of rotatable bonds is 8. The standard InChI is InChI=1S/C17H20N2O2S2/c1-13(23-12-14-6-3-2-4-7-14)16(20)18-9-10-19-17(21)15-8-5-11-22-15/h2-8,11,13H,9-10,12H2,1H3,(H,18,20)(H,19,21). The Bertz CT molecular complexity index is 615. The predicted octanol–water partition coefficient (Wildman–Crippen LogP) is 2.92. The van der Waals surface area contributed by atoms with Crippen molar-refractivity contribution in [1.29, 1.82) is 0 Å². The van der Waals surface area contributed by atoms with E-state index in [0.717, 1.165) is 5.75 Å². The van der Waals surface area contributed by atoms with Crippen LogP contribution in [0.2, 0.25) is 0 Å². The topological polar surface area (TPSA) is 58.2 Å². The Balaban J connectivity index is 1.61. The maximum Gasteiger partial charge on any atom is 0.261 e. The van der Waals surface area contributed by atoms with Gasteiger partial charge in [-0.15, -0.1) is 23.1 Å². The number of amides is 2. The van der Waals surface area contributed by atoms with Crippen molar-refractivity contribution < 1.29 is 9.59 Å². The van der Waals surface area contributed by atoms with Crippen molar-refractivity contribution in [2.24, 2.45) is 0 Å². The molecule has 0 saturated carbocycles. The lowest BCUT2D eigenvalue weighted by Crippen LogP contribution is -2.37. The van der Waals surface area contributed by atoms with Gasteiger partial charge in [-0.1, -0.05) is 36.4 Å². The van der Waals surface area contributed by atoms with E-state index in [-0.39, 0.29) is 17.1 Å². The molecule has 2 N–H and O–H groups in total. The molecule has 2 amide bonds. The van der Waals surface area contributed by atoms with Crippen molar-refractivity contribution in [3.8, 4) is 0 Å². The predicted molar refractivity (Wildman–Crippen MR) is 96.9 cm³/mol. The first kappa shape index (κ1) is 17.6. The van der Waals surface area contributed by atoms with Gasteiger partial charge in [0.2, 0.25) is 5.91 Å². The number of hydrogen-bond acceptors (Lipinski definition) is 4. The van der Waals surface area contributed by atoms with Gasteiger partial charge in [0, 0.05) is 18.8 Å². The largest absolute Gasteiger partial charge is 0.353 e. The average Bonchev–Trinajstić information content (AvgIpc) is 3.11. The van der Waals surface area contributed by atoms with E-state index < -0.39 is 0 Å². The number of thioether (sulfide) groups is 1. The number of carbonyl (C=O) groups is 2. The number of benzene rings is 1. The Morgan fingerprint density at radius 1 is 1.09 bits per heavy atom. The molecule has 0 aliphatic carbocycles. The van der Waals surface area contributed by atoms with E-state index in [1.807, 2.05) is 36.6 Å². The molecule has 4 nitrogen and oxygen atoms in total. The minimum atomic E-state index is -0.122. The fourth-order valence-corrected chi connectivity index (χ4v) is 3.38. The molecule has 23 heavy (non-hydrogen) atoms. The molecule has 0 fully saturated rings. The molecule has 0 aliphatic heterocycles. The molecule has 0 radical (unpaired) electrons. The van der Waals surface area contributed by atoms with Gasteiger partial charge in [0.15, 0.2) is 0 Å². The highest BCUT2D eigenvalue weighted by Gasteiger charge is 2.13. The van der Waals surface area contributed by atoms with Crippen LogP contribution < -0.4 is 10.6 Å². The molecule has 1 aromatic heterocycles. The van der Waals surface area contributed by atoms with Crippen LogP contribution in [0.4, 0.5) is 0 Å². The van der Waals surface area contributed by atoms with Crippen LogP contribution >= 0.6 is 23.1 Å². The highest BCUT2D eigenvalue weighted by molar-refractivity contribution is 7.99. The monoisotopic (exact) mass is 348 g/mol. The van der Waals surface area contributed by atoms with E-state index in [4.69, 9.17) is 0 Å². The fourth-order valence-electron chi connectivity index (χ4n) is 1.87. The van der Waals surface area contributed by atoms with E-state index >= 15 is 0 Å². The summed E-state index contributed by atoms with van der Waals surface area (Å²) in [5, 5.41) is 7.38. The highest BCUT2D eigenvalue weighted by Crippen LogP contribution is 2.17. The average molecular weight is 348 g/mol. The molecule has 2 aromatic rings. The van der Waals surface area contributed by atoms with Gasteiger partial charge < -0.3 is 10.6 Å². The highest BCUT2D eigenvalue weighted by atomic mass is 32.2. The summed E-state index contributed by atoms with van der Waals surface area (Å²) in [5.74, 6) is 0.710. The molecule has 0 saturated heterocycles. The lowest BCUT2D eigenvalue weighted by Gasteiger charge is -2.12. The maximum absolute atomic E-state index is 12.0. The second-order valence-electron chi connectivity index (χ2n) is 4.96. The summed E-state index contributed by atoms with van der Waals surface area (Å²) in [6.45, 7) is 2.76. The third kappa shape index (κ3) is 6.08. The van der Waals surface area contributed by atoms with Crippen molar-refractivity contribution in [1.82, 2.24) is 10.6 Å². The maximum atomic E-state index is 12.0. The Hall–Kier alpha value is -1.79. The normalized spacial score (nSPS) is 11.7. The van der Waals surface area contributed by atoms with Gasteiger partial charge in [-0.3, -0.25) is 9.59 Å². The molecular weight excluding hydrogens is 328 g/mol. The van der Waals surface area contributed by atoms with Gasteiger partial charge in [-0.2, -0.15) is 0 Å². The fraction of sp³-hybridized carbons (Fsp3) is 0.294. The van der Waals surface area contributed by atoms with Crippen molar-refractivity contribution >= 4 is 34.9 Å². The van der Waals surface area contributed by atoms with Crippen LogP contribution in [0.1, 0.15) is 22.2 Å². The van der Waals surface area contributed by atoms with Crippen LogP contribution in [0, 0.1) is 0 Å². The molecule has 1 unspecified atom stereocenters. The first-order chi connectivity index (χ1) is 11.2. The van der Waals surface area contributed by atoms with Gasteiger partial charge in [0.05, 0.1) is 10.1 Å². The SMILES string of the molecule is CC(SCc1ccccc1)C(=O)NCCNC(=O)c1cccs1. The summed E-state index contributed by atoms with van der Waals surface area (Å²) >= 11 is 3.00. The van der Waals surface area contributed by atoms with Crippen LogP contribution in [0.15, 0.2) is 47.8 Å². The summed E-state index contributed by atoms with van der Waals surface area (Å²) in [4.78, 5) is 24.4. The molecule has 6 heteroatoms. The van der Waals surface area contributed by atoms with E-state index in [1.165, 1.54) is 16.9 Å². The molecule has 2 rings (SSSR count). The second kappa shape index (κ2) is 9.37. The second-order valence-corrected chi connectivity index (χ2v) is 7.24. The molecule has 1 atom stereocenters. The molecule has 1 heterocycles. The van der Waals surface area contributed by atoms with Gasteiger partial charge in [0.1, 0.15) is 0 Å². The third-order valence-electron chi connectivity index (χ3n) is 3.17. The van der Waals surface area contributed by atoms with Crippen LogP contribution in [-0.4, -0.2) is 30.2 Å². The third-order valence-corrected chi connectivity index (χ3v) is 5.25. The summed E-state index contributed by atoms with van der Waals surface area (Å²) in [7, 11) is 0. The molecule has 1 aromatic carbocycles. The van der Waals surface area contributed by atoms with Gasteiger partial charge in [-0.05, 0) is 23.9 Å². The van der Waals surface area contributed by atoms with E-state index in [0.29, 0.717) is 18.0 Å². The summed E-state index contributed by atoms with van der Waals surface area (Å²) in [6, 6.07) is 13.7. The minimum absolute atomic E-state index is 0.00342. The van der Waals surface area contributed by atoms with E-state index in [9.17, 15) is 9.59 Å². The molecule has 0 spiro atoms. The van der Waals surface area contributed by atoms with Crippen LogP contribution in [0.25, 0.3) is 0 Å². The van der Waals surface area contributed by atoms with Crippen LogP contribution in [-0.2, 0) is 10.5 Å². The lowest BCUT2D eigenvalue weighted by molar-refractivity contribution is -0.120. The minimum Gasteiger partial charge on any atom is -0.353 e. The molecule has 0 bridgehead atoms. The van der Waals surface area contributed by atoms with Crippen LogP contribution in [0.5, 0.6) is 0 Å². The quantitative estimate of drug-likeness (QED) is 0.721. The zero-order valence-electron chi connectivity index (χ0n) is 13.0. The Morgan fingerprint density at radius 3 is 2.52 bits per heavy atom. The zero-order valence-corrected chi connectivity index (χ0v) is 14.6.